The van der Waals surface area contributed by atoms with Crippen LogP contribution < -0.4 is 15.2 Å². The molecule has 0 heterocycles. The molecule has 1 aromatic rings. The molecule has 0 aromatic heterocycles. The smallest absolute Gasteiger partial charge is 0.248 e. The lowest BCUT2D eigenvalue weighted by Crippen LogP contribution is -2.13. The molecule has 7 heteroatoms. The minimum absolute atomic E-state index is 0.161. The Hall–Kier alpha value is -1.76. The van der Waals surface area contributed by atoms with Crippen LogP contribution in [0.2, 0.25) is 0 Å². The van der Waals surface area contributed by atoms with Crippen molar-refractivity contribution in [3.63, 3.8) is 0 Å². The molecular weight excluding hydrogens is 246 g/mol. The number of carbonyl (C=O) groups is 1. The van der Waals surface area contributed by atoms with E-state index in [1.165, 1.54) is 25.3 Å². The highest BCUT2D eigenvalue weighted by molar-refractivity contribution is 7.90. The van der Waals surface area contributed by atoms with Gasteiger partial charge in [0.2, 0.25) is 5.91 Å². The number of nitrogens with two attached hydrogens (primary N) is 1. The molecule has 0 saturated heterocycles. The molecule has 0 atom stereocenters. The minimum Gasteiger partial charge on any atom is -0.493 e. The average molecular weight is 259 g/mol. The summed E-state index contributed by atoms with van der Waals surface area (Å²) in [5.41, 5.74) is 5.32. The SMILES string of the molecule is COc1ccc(C(N)=O)cc1OCS(C)(=O)=O. The number of ether oxygens (including phenoxy) is 2. The third kappa shape index (κ3) is 3.95. The van der Waals surface area contributed by atoms with Crippen LogP contribution in [0.25, 0.3) is 0 Å². The number of hydrogen-bond donors (Lipinski definition) is 1. The van der Waals surface area contributed by atoms with Gasteiger partial charge in [-0.15, -0.1) is 0 Å². The zero-order valence-corrected chi connectivity index (χ0v) is 10.3. The van der Waals surface area contributed by atoms with Gasteiger partial charge in [-0.05, 0) is 18.2 Å². The van der Waals surface area contributed by atoms with E-state index in [4.69, 9.17) is 15.2 Å². The van der Waals surface area contributed by atoms with Gasteiger partial charge in [-0.2, -0.15) is 0 Å². The highest BCUT2D eigenvalue weighted by Gasteiger charge is 2.11. The number of carbonyl (C=O) groups excluding carboxylic acids is 1. The van der Waals surface area contributed by atoms with Crippen LogP contribution >= 0.6 is 0 Å². The predicted molar refractivity (Wildman–Crippen MR) is 61.9 cm³/mol. The Morgan fingerprint density at radius 2 is 2.00 bits per heavy atom. The molecule has 0 fully saturated rings. The van der Waals surface area contributed by atoms with E-state index in [0.717, 1.165) is 6.26 Å². The first-order valence-corrected chi connectivity index (χ1v) is 6.68. The lowest BCUT2D eigenvalue weighted by atomic mass is 10.2. The zero-order chi connectivity index (χ0) is 13.1. The van der Waals surface area contributed by atoms with Crippen LogP contribution in [-0.4, -0.2) is 33.6 Å². The van der Waals surface area contributed by atoms with E-state index < -0.39 is 21.7 Å². The van der Waals surface area contributed by atoms with Crippen molar-refractivity contribution in [3.8, 4) is 11.5 Å². The highest BCUT2D eigenvalue weighted by atomic mass is 32.2. The normalized spacial score (nSPS) is 10.9. The maximum atomic E-state index is 11.0. The van der Waals surface area contributed by atoms with E-state index in [2.05, 4.69) is 0 Å². The molecule has 94 valence electrons. The Balaban J connectivity index is 3.02. The molecule has 2 N–H and O–H groups in total. The molecule has 6 nitrogen and oxygen atoms in total. The van der Waals surface area contributed by atoms with E-state index in [1.54, 1.807) is 0 Å². The maximum Gasteiger partial charge on any atom is 0.248 e. The van der Waals surface area contributed by atoms with Gasteiger partial charge < -0.3 is 15.2 Å². The van der Waals surface area contributed by atoms with E-state index in [-0.39, 0.29) is 11.3 Å². The predicted octanol–water partition coefficient (Wildman–Crippen LogP) is 0.175. The summed E-state index contributed by atoms with van der Waals surface area (Å²) in [4.78, 5) is 11.0. The van der Waals surface area contributed by atoms with Gasteiger partial charge in [0.1, 0.15) is 0 Å². The fourth-order valence-corrected chi connectivity index (χ4v) is 1.45. The van der Waals surface area contributed by atoms with Crippen molar-refractivity contribution < 1.29 is 22.7 Å². The van der Waals surface area contributed by atoms with Crippen molar-refractivity contribution in [2.45, 2.75) is 0 Å². The molecule has 0 aliphatic heterocycles. The first kappa shape index (κ1) is 13.3. The van der Waals surface area contributed by atoms with Gasteiger partial charge in [-0.1, -0.05) is 0 Å². The van der Waals surface area contributed by atoms with Gasteiger partial charge in [0.25, 0.3) is 0 Å². The first-order valence-electron chi connectivity index (χ1n) is 4.62. The second-order valence-electron chi connectivity index (χ2n) is 3.42. The van der Waals surface area contributed by atoms with E-state index in [9.17, 15) is 13.2 Å². The molecule has 1 aromatic carbocycles. The third-order valence-electron chi connectivity index (χ3n) is 1.88. The van der Waals surface area contributed by atoms with Crippen molar-refractivity contribution in [2.24, 2.45) is 5.73 Å². The summed E-state index contributed by atoms with van der Waals surface area (Å²) in [5, 5.41) is 0. The minimum atomic E-state index is -3.27. The summed E-state index contributed by atoms with van der Waals surface area (Å²) in [6.45, 7) is 0. The third-order valence-corrected chi connectivity index (χ3v) is 2.42. The molecule has 0 bridgehead atoms. The first-order chi connectivity index (χ1) is 7.83. The van der Waals surface area contributed by atoms with Crippen LogP contribution in [-0.2, 0) is 9.84 Å². The van der Waals surface area contributed by atoms with Crippen LogP contribution in [0.1, 0.15) is 10.4 Å². The molecule has 17 heavy (non-hydrogen) atoms. The van der Waals surface area contributed by atoms with Gasteiger partial charge in [0.05, 0.1) is 7.11 Å². The van der Waals surface area contributed by atoms with Crippen molar-refractivity contribution in [1.29, 1.82) is 0 Å². The largest absolute Gasteiger partial charge is 0.493 e. The van der Waals surface area contributed by atoms with Crippen LogP contribution in [0.4, 0.5) is 0 Å². The number of rotatable bonds is 5. The van der Waals surface area contributed by atoms with E-state index in [1.807, 2.05) is 0 Å². The van der Waals surface area contributed by atoms with Crippen LogP contribution in [0.5, 0.6) is 11.5 Å². The van der Waals surface area contributed by atoms with Crippen LogP contribution in [0, 0.1) is 0 Å². The molecule has 0 aliphatic carbocycles. The number of benzene rings is 1. The standard InChI is InChI=1S/C10H13NO5S/c1-15-8-4-3-7(10(11)12)5-9(8)16-6-17(2,13)14/h3-5H,6H2,1-2H3,(H2,11,12). The second-order valence-corrected chi connectivity index (χ2v) is 5.51. The number of primary amides is 1. The van der Waals surface area contributed by atoms with Crippen molar-refractivity contribution in [1.82, 2.24) is 0 Å². The summed E-state index contributed by atoms with van der Waals surface area (Å²) in [7, 11) is -1.87. The number of sulfone groups is 1. The fourth-order valence-electron chi connectivity index (χ4n) is 1.11. The number of methoxy groups -OCH3 is 1. The summed E-state index contributed by atoms with van der Waals surface area (Å²) < 4.78 is 32.0. The van der Waals surface area contributed by atoms with Crippen molar-refractivity contribution >= 4 is 15.7 Å². The molecule has 0 saturated carbocycles. The van der Waals surface area contributed by atoms with Crippen LogP contribution in [0.3, 0.4) is 0 Å². The Bertz CT molecular complexity index is 523. The Morgan fingerprint density at radius 3 is 2.47 bits per heavy atom. The molecule has 1 amide bonds. The second kappa shape index (κ2) is 5.05. The van der Waals surface area contributed by atoms with Gasteiger partial charge >= 0.3 is 0 Å². The Labute approximate surface area is 99.2 Å². The van der Waals surface area contributed by atoms with Gasteiger partial charge in [-0.25, -0.2) is 8.42 Å². The molecule has 0 aliphatic rings. The average Bonchev–Trinajstić information content (AvgIpc) is 2.24. The van der Waals surface area contributed by atoms with E-state index in [0.29, 0.717) is 5.75 Å². The van der Waals surface area contributed by atoms with Gasteiger partial charge in [0.15, 0.2) is 27.3 Å². The lowest BCUT2D eigenvalue weighted by molar-refractivity contribution is 0.1000. The summed E-state index contributed by atoms with van der Waals surface area (Å²) in [5.74, 6) is -0.629. The number of amides is 1. The monoisotopic (exact) mass is 259 g/mol. The summed E-state index contributed by atoms with van der Waals surface area (Å²) >= 11 is 0. The number of hydrogen-bond acceptors (Lipinski definition) is 5. The topological polar surface area (TPSA) is 95.7 Å². The van der Waals surface area contributed by atoms with Gasteiger partial charge in [-0.3, -0.25) is 4.79 Å². The van der Waals surface area contributed by atoms with Gasteiger partial charge in [0, 0.05) is 11.8 Å². The van der Waals surface area contributed by atoms with Crippen molar-refractivity contribution in [3.05, 3.63) is 23.8 Å². The fraction of sp³-hybridized carbons (Fsp3) is 0.300. The Kier molecular flexibility index (Phi) is 3.95. The Morgan fingerprint density at radius 1 is 1.35 bits per heavy atom. The molecular formula is C10H13NO5S. The van der Waals surface area contributed by atoms with Crippen LogP contribution in [0.15, 0.2) is 18.2 Å². The summed E-state index contributed by atoms with van der Waals surface area (Å²) in [6, 6.07) is 4.29. The van der Waals surface area contributed by atoms with Crippen molar-refractivity contribution in [2.75, 3.05) is 19.3 Å². The molecule has 1 rings (SSSR count). The zero-order valence-electron chi connectivity index (χ0n) is 9.47. The molecule has 0 unspecified atom stereocenters. The highest BCUT2D eigenvalue weighted by Crippen LogP contribution is 2.28. The summed E-state index contributed by atoms with van der Waals surface area (Å²) in [6.07, 6.45) is 1.04. The maximum absolute atomic E-state index is 11.0. The quantitative estimate of drug-likeness (QED) is 0.813. The molecule has 0 radical (unpaired) electrons. The lowest BCUT2D eigenvalue weighted by Gasteiger charge is -2.10. The molecule has 0 spiro atoms. The van der Waals surface area contributed by atoms with E-state index >= 15 is 0 Å².